The van der Waals surface area contributed by atoms with Gasteiger partial charge in [-0.2, -0.15) is 0 Å². The summed E-state index contributed by atoms with van der Waals surface area (Å²) < 4.78 is 5.93. The molecule has 2 fully saturated rings. The van der Waals surface area contributed by atoms with E-state index in [1.54, 1.807) is 0 Å². The number of carbonyl (C=O) groups is 1. The minimum absolute atomic E-state index is 0.240. The van der Waals surface area contributed by atoms with Crippen LogP contribution in [0.2, 0.25) is 5.02 Å². The third-order valence-electron chi connectivity index (χ3n) is 5.09. The van der Waals surface area contributed by atoms with E-state index in [0.29, 0.717) is 31.1 Å². The van der Waals surface area contributed by atoms with Crippen molar-refractivity contribution in [1.82, 2.24) is 15.3 Å². The van der Waals surface area contributed by atoms with Crippen LogP contribution < -0.4 is 10.2 Å². The molecule has 2 aliphatic rings. The van der Waals surface area contributed by atoms with E-state index in [-0.39, 0.29) is 16.6 Å². The van der Waals surface area contributed by atoms with Crippen molar-refractivity contribution >= 4 is 23.5 Å². The number of nitrogens with zero attached hydrogens (tertiary/aromatic N) is 3. The molecular formula is C18H27ClN4O2. The van der Waals surface area contributed by atoms with Gasteiger partial charge in [0.1, 0.15) is 0 Å². The summed E-state index contributed by atoms with van der Waals surface area (Å²) in [5.41, 5.74) is 0.240. The smallest absolute Gasteiger partial charge is 0.271 e. The normalized spacial score (nSPS) is 23.7. The summed E-state index contributed by atoms with van der Waals surface area (Å²) in [6.07, 6.45) is 8.96. The topological polar surface area (TPSA) is 67.3 Å². The molecule has 1 aromatic rings. The summed E-state index contributed by atoms with van der Waals surface area (Å²) in [4.78, 5) is 23.1. The van der Waals surface area contributed by atoms with E-state index in [0.717, 1.165) is 32.4 Å². The van der Waals surface area contributed by atoms with Crippen molar-refractivity contribution in [1.29, 1.82) is 0 Å². The fourth-order valence-electron chi connectivity index (χ4n) is 3.57. The van der Waals surface area contributed by atoms with E-state index in [1.807, 2.05) is 0 Å². The highest BCUT2D eigenvalue weighted by molar-refractivity contribution is 6.33. The van der Waals surface area contributed by atoms with Crippen LogP contribution in [0.4, 0.5) is 5.95 Å². The second kappa shape index (κ2) is 8.81. The summed E-state index contributed by atoms with van der Waals surface area (Å²) in [7, 11) is 0. The van der Waals surface area contributed by atoms with Crippen molar-refractivity contribution in [3.63, 3.8) is 0 Å². The van der Waals surface area contributed by atoms with Crippen molar-refractivity contribution < 1.29 is 9.53 Å². The van der Waals surface area contributed by atoms with Crippen LogP contribution in [-0.4, -0.2) is 48.2 Å². The molecule has 25 heavy (non-hydrogen) atoms. The lowest BCUT2D eigenvalue weighted by Gasteiger charge is -2.28. The number of amides is 1. The molecular weight excluding hydrogens is 340 g/mol. The quantitative estimate of drug-likeness (QED) is 0.784. The number of nitrogens with one attached hydrogen (secondary N) is 1. The van der Waals surface area contributed by atoms with E-state index >= 15 is 0 Å². The highest BCUT2D eigenvalue weighted by Gasteiger charge is 2.22. The number of rotatable bonds is 6. The average Bonchev–Trinajstić information content (AvgIpc) is 3.15. The van der Waals surface area contributed by atoms with Crippen LogP contribution in [0, 0.1) is 5.92 Å². The Labute approximate surface area is 154 Å². The number of ether oxygens (including phenoxy) is 1. The monoisotopic (exact) mass is 366 g/mol. The first-order valence-electron chi connectivity index (χ1n) is 9.32. The Bertz CT molecular complexity index is 592. The van der Waals surface area contributed by atoms with Crippen LogP contribution in [0.3, 0.4) is 0 Å². The summed E-state index contributed by atoms with van der Waals surface area (Å²) in [5, 5.41) is 3.13. The van der Waals surface area contributed by atoms with Crippen LogP contribution in [-0.2, 0) is 4.74 Å². The van der Waals surface area contributed by atoms with Crippen LogP contribution >= 0.6 is 11.6 Å². The van der Waals surface area contributed by atoms with Crippen molar-refractivity contribution in [3.05, 3.63) is 16.9 Å². The Kier molecular flexibility index (Phi) is 6.48. The Morgan fingerprint density at radius 3 is 2.84 bits per heavy atom. The van der Waals surface area contributed by atoms with E-state index in [2.05, 4.69) is 27.1 Å². The number of aromatic nitrogens is 2. The second-order valence-corrected chi connectivity index (χ2v) is 7.39. The van der Waals surface area contributed by atoms with Gasteiger partial charge in [-0.25, -0.2) is 9.97 Å². The highest BCUT2D eigenvalue weighted by atomic mass is 35.5. The molecule has 6 nitrogen and oxygen atoms in total. The maximum atomic E-state index is 12.4. The van der Waals surface area contributed by atoms with Crippen LogP contribution in [0.25, 0.3) is 0 Å². The van der Waals surface area contributed by atoms with Gasteiger partial charge < -0.3 is 15.0 Å². The van der Waals surface area contributed by atoms with Crippen LogP contribution in [0.15, 0.2) is 6.20 Å². The maximum absolute atomic E-state index is 12.4. The molecule has 3 rings (SSSR count). The minimum Gasteiger partial charge on any atom is -0.376 e. The molecule has 138 valence electrons. The number of carbonyl (C=O) groups excluding carboxylic acids is 1. The van der Waals surface area contributed by atoms with Crippen molar-refractivity contribution in [2.75, 3.05) is 31.1 Å². The second-order valence-electron chi connectivity index (χ2n) is 6.99. The molecule has 0 aromatic carbocycles. The van der Waals surface area contributed by atoms with Gasteiger partial charge in [0.15, 0.2) is 5.69 Å². The minimum atomic E-state index is -0.270. The summed E-state index contributed by atoms with van der Waals surface area (Å²) in [5.74, 6) is 0.913. The number of hydrogen-bond acceptors (Lipinski definition) is 5. The van der Waals surface area contributed by atoms with Gasteiger partial charge in [0.2, 0.25) is 5.95 Å². The number of hydrogen-bond donors (Lipinski definition) is 1. The predicted molar refractivity (Wildman–Crippen MR) is 98.2 cm³/mol. The van der Waals surface area contributed by atoms with Crippen molar-refractivity contribution in [3.8, 4) is 0 Å². The van der Waals surface area contributed by atoms with Gasteiger partial charge in [-0.15, -0.1) is 0 Å². The van der Waals surface area contributed by atoms with Crippen molar-refractivity contribution in [2.45, 2.75) is 51.6 Å². The fraction of sp³-hybridized carbons (Fsp3) is 0.722. The average molecular weight is 367 g/mol. The molecule has 0 spiro atoms. The third kappa shape index (κ3) is 4.82. The standard InChI is InChI=1S/C18H27ClN4O2/c1-13-6-2-3-7-15(13)25-11-8-20-17(24)16-14(19)12-21-18(22-16)23-9-4-5-10-23/h12-13,15H,2-11H2,1H3,(H,20,24)/t13-,15-/m1/s1. The Morgan fingerprint density at radius 2 is 2.08 bits per heavy atom. The summed E-state index contributed by atoms with van der Waals surface area (Å²) >= 11 is 6.12. The zero-order valence-corrected chi connectivity index (χ0v) is 15.6. The van der Waals surface area contributed by atoms with Crippen molar-refractivity contribution in [2.24, 2.45) is 5.92 Å². The Morgan fingerprint density at radius 1 is 1.32 bits per heavy atom. The molecule has 1 aliphatic carbocycles. The molecule has 0 bridgehead atoms. The van der Waals surface area contributed by atoms with Crippen LogP contribution in [0.5, 0.6) is 0 Å². The molecule has 7 heteroatoms. The molecule has 1 N–H and O–H groups in total. The molecule has 0 radical (unpaired) electrons. The first-order valence-corrected chi connectivity index (χ1v) is 9.70. The van der Waals surface area contributed by atoms with Gasteiger partial charge >= 0.3 is 0 Å². The van der Waals surface area contributed by atoms with E-state index in [4.69, 9.17) is 16.3 Å². The third-order valence-corrected chi connectivity index (χ3v) is 5.36. The maximum Gasteiger partial charge on any atom is 0.271 e. The Balaban J connectivity index is 1.49. The lowest BCUT2D eigenvalue weighted by molar-refractivity contribution is -0.00295. The van der Waals surface area contributed by atoms with Gasteiger partial charge in [0.05, 0.1) is 23.9 Å². The molecule has 0 unspecified atom stereocenters. The number of anilines is 1. The zero-order valence-electron chi connectivity index (χ0n) is 14.8. The van der Waals surface area contributed by atoms with Gasteiger partial charge in [0.25, 0.3) is 5.91 Å². The Hall–Kier alpha value is -1.40. The predicted octanol–water partition coefficient (Wildman–Crippen LogP) is 3.06. The lowest BCUT2D eigenvalue weighted by Crippen LogP contribution is -2.32. The molecule has 1 saturated heterocycles. The van der Waals surface area contributed by atoms with Gasteiger partial charge in [-0.3, -0.25) is 4.79 Å². The SMILES string of the molecule is C[C@@H]1CCCC[C@H]1OCCNC(=O)c1nc(N2CCCC2)ncc1Cl. The molecule has 1 aromatic heterocycles. The lowest BCUT2D eigenvalue weighted by atomic mass is 9.88. The molecule has 2 atom stereocenters. The van der Waals surface area contributed by atoms with Gasteiger partial charge in [0, 0.05) is 19.6 Å². The van der Waals surface area contributed by atoms with Gasteiger partial charge in [-0.05, 0) is 31.6 Å². The largest absolute Gasteiger partial charge is 0.376 e. The molecule has 1 saturated carbocycles. The van der Waals surface area contributed by atoms with E-state index < -0.39 is 0 Å². The highest BCUT2D eigenvalue weighted by Crippen LogP contribution is 2.26. The molecule has 1 amide bonds. The molecule has 1 aliphatic heterocycles. The van der Waals surface area contributed by atoms with E-state index in [9.17, 15) is 4.79 Å². The summed E-state index contributed by atoms with van der Waals surface area (Å²) in [6, 6.07) is 0. The molecule has 2 heterocycles. The van der Waals surface area contributed by atoms with Gasteiger partial charge in [-0.1, -0.05) is 31.4 Å². The number of halogens is 1. The summed E-state index contributed by atoms with van der Waals surface area (Å²) in [6.45, 7) is 5.07. The zero-order chi connectivity index (χ0) is 17.6. The fourth-order valence-corrected chi connectivity index (χ4v) is 3.75. The first kappa shape index (κ1) is 18.4. The van der Waals surface area contributed by atoms with E-state index in [1.165, 1.54) is 25.5 Å². The van der Waals surface area contributed by atoms with Crippen LogP contribution in [0.1, 0.15) is 55.9 Å². The first-order chi connectivity index (χ1) is 12.1.